The number of hydrogen-bond acceptors (Lipinski definition) is 2. The molecule has 0 radical (unpaired) electrons. The van der Waals surface area contributed by atoms with E-state index in [1.54, 1.807) is 6.07 Å². The van der Waals surface area contributed by atoms with Crippen LogP contribution in [0.1, 0.15) is 23.9 Å². The number of nitrogens with zero attached hydrogens (tertiary/aromatic N) is 2. The van der Waals surface area contributed by atoms with Gasteiger partial charge in [0.1, 0.15) is 0 Å². The Labute approximate surface area is 146 Å². The highest BCUT2D eigenvalue weighted by Gasteiger charge is 2.03. The predicted molar refractivity (Wildman–Crippen MR) is 97.1 cm³/mol. The molecule has 1 aromatic carbocycles. The first-order valence-corrected chi connectivity index (χ1v) is 8.22. The van der Waals surface area contributed by atoms with Gasteiger partial charge in [0.25, 0.3) is 0 Å². The highest BCUT2D eigenvalue weighted by atomic mass is 35.5. The fraction of sp³-hybridized carbons (Fsp3) is 0.294. The van der Waals surface area contributed by atoms with E-state index < -0.39 is 0 Å². The molecule has 0 aliphatic heterocycles. The number of halogens is 2. The van der Waals surface area contributed by atoms with Gasteiger partial charge in [0, 0.05) is 22.3 Å². The van der Waals surface area contributed by atoms with Gasteiger partial charge in [-0.05, 0) is 43.7 Å². The third kappa shape index (κ3) is 5.73. The number of hydrogen-bond donors (Lipinski definition) is 2. The monoisotopic (exact) mass is 350 g/mol. The van der Waals surface area contributed by atoms with Gasteiger partial charge >= 0.3 is 0 Å². The van der Waals surface area contributed by atoms with Crippen LogP contribution in [0.2, 0.25) is 10.0 Å². The molecule has 2 aromatic rings. The van der Waals surface area contributed by atoms with Crippen LogP contribution < -0.4 is 10.6 Å². The molecule has 0 aliphatic carbocycles. The standard InChI is InChI=1S/C17H20Cl2N4/c1-3-20-17(22-11-15-6-4-5-12(2)23-15)21-10-13-7-8-14(18)9-16(13)19/h4-9H,3,10-11H2,1-2H3,(H2,20,21,22). The minimum Gasteiger partial charge on any atom is -0.357 e. The third-order valence-corrected chi connectivity index (χ3v) is 3.74. The van der Waals surface area contributed by atoms with Crippen molar-refractivity contribution in [3.63, 3.8) is 0 Å². The molecule has 2 rings (SSSR count). The molecule has 1 heterocycles. The van der Waals surface area contributed by atoms with E-state index in [2.05, 4.69) is 20.6 Å². The molecule has 23 heavy (non-hydrogen) atoms. The second-order valence-electron chi connectivity index (χ2n) is 5.05. The minimum atomic E-state index is 0.479. The Kier molecular flexibility index (Phi) is 6.68. The summed E-state index contributed by atoms with van der Waals surface area (Å²) >= 11 is 12.1. The minimum absolute atomic E-state index is 0.479. The van der Waals surface area contributed by atoms with Crippen molar-refractivity contribution in [2.75, 3.05) is 6.54 Å². The Morgan fingerprint density at radius 2 is 2.00 bits per heavy atom. The summed E-state index contributed by atoms with van der Waals surface area (Å²) in [5.74, 6) is 0.724. The number of rotatable bonds is 5. The van der Waals surface area contributed by atoms with E-state index in [0.717, 1.165) is 29.5 Å². The fourth-order valence-corrected chi connectivity index (χ4v) is 2.50. The van der Waals surface area contributed by atoms with Crippen LogP contribution in [0.15, 0.2) is 41.4 Å². The van der Waals surface area contributed by atoms with Crippen LogP contribution in [0, 0.1) is 6.92 Å². The Morgan fingerprint density at radius 1 is 1.17 bits per heavy atom. The summed E-state index contributed by atoms with van der Waals surface area (Å²) in [6.45, 7) is 5.87. The van der Waals surface area contributed by atoms with Gasteiger partial charge in [-0.25, -0.2) is 4.99 Å². The Bertz CT molecular complexity index is 686. The van der Waals surface area contributed by atoms with Gasteiger partial charge in [-0.2, -0.15) is 0 Å². The molecule has 0 saturated carbocycles. The molecule has 0 bridgehead atoms. The SMILES string of the molecule is CCNC(=NCc1ccc(Cl)cc1Cl)NCc1cccc(C)n1. The number of aryl methyl sites for hydroxylation is 1. The zero-order valence-electron chi connectivity index (χ0n) is 13.2. The molecule has 0 spiro atoms. The summed E-state index contributed by atoms with van der Waals surface area (Å²) in [5.41, 5.74) is 2.90. The molecule has 0 amide bonds. The van der Waals surface area contributed by atoms with Gasteiger partial charge in [-0.1, -0.05) is 35.3 Å². The second-order valence-corrected chi connectivity index (χ2v) is 5.90. The average Bonchev–Trinajstić information content (AvgIpc) is 2.51. The molecule has 1 aromatic heterocycles. The fourth-order valence-electron chi connectivity index (χ4n) is 2.03. The maximum Gasteiger partial charge on any atom is 0.191 e. The van der Waals surface area contributed by atoms with Crippen molar-refractivity contribution in [2.24, 2.45) is 4.99 Å². The van der Waals surface area contributed by atoms with E-state index in [1.165, 1.54) is 0 Å². The molecule has 0 atom stereocenters. The summed E-state index contributed by atoms with van der Waals surface area (Å²) in [5, 5.41) is 7.73. The summed E-state index contributed by atoms with van der Waals surface area (Å²) in [6, 6.07) is 11.4. The van der Waals surface area contributed by atoms with Crippen LogP contribution in [0.4, 0.5) is 0 Å². The first kappa shape index (κ1) is 17.6. The van der Waals surface area contributed by atoms with Crippen LogP contribution in [0.5, 0.6) is 0 Å². The molecule has 2 N–H and O–H groups in total. The summed E-state index contributed by atoms with van der Waals surface area (Å²) < 4.78 is 0. The zero-order valence-corrected chi connectivity index (χ0v) is 14.7. The molecule has 6 heteroatoms. The summed E-state index contributed by atoms with van der Waals surface area (Å²) in [6.07, 6.45) is 0. The van der Waals surface area contributed by atoms with Gasteiger partial charge in [-0.15, -0.1) is 0 Å². The summed E-state index contributed by atoms with van der Waals surface area (Å²) in [7, 11) is 0. The van der Waals surface area contributed by atoms with Crippen LogP contribution in [-0.2, 0) is 13.1 Å². The number of benzene rings is 1. The largest absolute Gasteiger partial charge is 0.357 e. The molecule has 4 nitrogen and oxygen atoms in total. The van der Waals surface area contributed by atoms with Gasteiger partial charge in [0.15, 0.2) is 5.96 Å². The van der Waals surface area contributed by atoms with E-state index in [4.69, 9.17) is 23.2 Å². The maximum atomic E-state index is 6.18. The smallest absolute Gasteiger partial charge is 0.191 e. The van der Waals surface area contributed by atoms with Crippen LogP contribution in [-0.4, -0.2) is 17.5 Å². The van der Waals surface area contributed by atoms with Gasteiger partial charge in [0.05, 0.1) is 18.8 Å². The van der Waals surface area contributed by atoms with Crippen molar-refractivity contribution in [3.05, 3.63) is 63.4 Å². The number of pyridine rings is 1. The lowest BCUT2D eigenvalue weighted by Crippen LogP contribution is -2.37. The second kappa shape index (κ2) is 8.75. The Balaban J connectivity index is 2.02. The molecular formula is C17H20Cl2N4. The predicted octanol–water partition coefficient (Wildman–Crippen LogP) is 3.95. The molecule has 0 unspecified atom stereocenters. The molecule has 0 aliphatic rings. The first-order chi connectivity index (χ1) is 11.1. The van der Waals surface area contributed by atoms with Crippen molar-refractivity contribution in [1.29, 1.82) is 0 Å². The van der Waals surface area contributed by atoms with Crippen molar-refractivity contribution in [3.8, 4) is 0 Å². The van der Waals surface area contributed by atoms with Crippen LogP contribution in [0.3, 0.4) is 0 Å². The van der Waals surface area contributed by atoms with Gasteiger partial charge < -0.3 is 10.6 Å². The lowest BCUT2D eigenvalue weighted by atomic mass is 10.2. The number of nitrogens with one attached hydrogen (secondary N) is 2. The topological polar surface area (TPSA) is 49.3 Å². The zero-order chi connectivity index (χ0) is 16.7. The lowest BCUT2D eigenvalue weighted by molar-refractivity contribution is 0.796. The lowest BCUT2D eigenvalue weighted by Gasteiger charge is -2.11. The van der Waals surface area contributed by atoms with Gasteiger partial charge in [0.2, 0.25) is 0 Å². The number of guanidine groups is 1. The molecule has 0 fully saturated rings. The Hall–Kier alpha value is -1.78. The van der Waals surface area contributed by atoms with E-state index in [1.807, 2.05) is 44.2 Å². The first-order valence-electron chi connectivity index (χ1n) is 7.47. The average molecular weight is 351 g/mol. The number of aromatic nitrogens is 1. The van der Waals surface area contributed by atoms with Crippen molar-refractivity contribution in [2.45, 2.75) is 26.9 Å². The van der Waals surface area contributed by atoms with Crippen molar-refractivity contribution < 1.29 is 0 Å². The van der Waals surface area contributed by atoms with Crippen molar-refractivity contribution >= 4 is 29.2 Å². The molecule has 0 saturated heterocycles. The quantitative estimate of drug-likeness (QED) is 0.633. The van der Waals surface area contributed by atoms with Gasteiger partial charge in [-0.3, -0.25) is 4.98 Å². The van der Waals surface area contributed by atoms with Crippen molar-refractivity contribution in [1.82, 2.24) is 15.6 Å². The third-order valence-electron chi connectivity index (χ3n) is 3.15. The molecular weight excluding hydrogens is 331 g/mol. The summed E-state index contributed by atoms with van der Waals surface area (Å²) in [4.78, 5) is 9.02. The van der Waals surface area contributed by atoms with E-state index in [0.29, 0.717) is 23.1 Å². The highest BCUT2D eigenvalue weighted by Crippen LogP contribution is 2.21. The highest BCUT2D eigenvalue weighted by molar-refractivity contribution is 6.35. The normalized spacial score (nSPS) is 11.4. The van der Waals surface area contributed by atoms with E-state index in [9.17, 15) is 0 Å². The number of aliphatic imine (C=N–C) groups is 1. The molecule has 122 valence electrons. The van der Waals surface area contributed by atoms with Crippen LogP contribution >= 0.6 is 23.2 Å². The maximum absolute atomic E-state index is 6.18. The van der Waals surface area contributed by atoms with E-state index in [-0.39, 0.29) is 0 Å². The van der Waals surface area contributed by atoms with Crippen LogP contribution in [0.25, 0.3) is 0 Å². The van der Waals surface area contributed by atoms with E-state index >= 15 is 0 Å². The Morgan fingerprint density at radius 3 is 2.70 bits per heavy atom.